The second-order valence-corrected chi connectivity index (χ2v) is 7.23. The van der Waals surface area contributed by atoms with E-state index in [0.717, 1.165) is 6.54 Å². The van der Waals surface area contributed by atoms with Crippen LogP contribution in [-0.2, 0) is 13.1 Å². The fourth-order valence-corrected chi connectivity index (χ4v) is 2.73. The van der Waals surface area contributed by atoms with E-state index in [1.807, 2.05) is 0 Å². The van der Waals surface area contributed by atoms with Gasteiger partial charge in [-0.2, -0.15) is 0 Å². The van der Waals surface area contributed by atoms with Gasteiger partial charge in [-0.25, -0.2) is 4.99 Å². The molecule has 1 fully saturated rings. The van der Waals surface area contributed by atoms with Gasteiger partial charge in [0.1, 0.15) is 0 Å². The molecule has 1 aromatic rings. The largest absolute Gasteiger partial charge is 0.370 e. The first-order chi connectivity index (χ1) is 10.4. The molecule has 23 heavy (non-hydrogen) atoms. The van der Waals surface area contributed by atoms with Crippen molar-refractivity contribution < 1.29 is 0 Å². The molecule has 0 aromatic heterocycles. The van der Waals surface area contributed by atoms with Crippen LogP contribution in [0.25, 0.3) is 0 Å². The number of piperidine rings is 1. The fraction of sp³-hybridized carbons (Fsp3) is 0.611. The maximum atomic E-state index is 5.89. The van der Waals surface area contributed by atoms with Crippen molar-refractivity contribution in [2.24, 2.45) is 10.7 Å². The van der Waals surface area contributed by atoms with Gasteiger partial charge in [0.2, 0.25) is 0 Å². The number of nitrogens with one attached hydrogen (secondary N) is 1. The number of aliphatic imine (C=N–C) groups is 1. The Morgan fingerprint density at radius 3 is 2.22 bits per heavy atom. The van der Waals surface area contributed by atoms with Gasteiger partial charge in [0.15, 0.2) is 5.96 Å². The average molecular weight is 430 g/mol. The van der Waals surface area contributed by atoms with E-state index in [9.17, 15) is 0 Å². The molecule has 130 valence electrons. The monoisotopic (exact) mass is 430 g/mol. The van der Waals surface area contributed by atoms with E-state index < -0.39 is 0 Å². The summed E-state index contributed by atoms with van der Waals surface area (Å²) in [7, 11) is 0. The summed E-state index contributed by atoms with van der Waals surface area (Å²) < 4.78 is 0. The van der Waals surface area contributed by atoms with Crippen LogP contribution < -0.4 is 11.1 Å². The lowest BCUT2D eigenvalue weighted by atomic mass is 10.1. The number of rotatable bonds is 4. The van der Waals surface area contributed by atoms with Crippen molar-refractivity contribution in [1.29, 1.82) is 0 Å². The Bertz CT molecular complexity index is 485. The van der Waals surface area contributed by atoms with Crippen molar-refractivity contribution in [1.82, 2.24) is 10.2 Å². The molecular weight excluding hydrogens is 399 g/mol. The predicted molar refractivity (Wildman–Crippen MR) is 109 cm³/mol. The van der Waals surface area contributed by atoms with E-state index in [1.165, 1.54) is 43.5 Å². The molecular formula is C18H31IN4. The molecule has 0 radical (unpaired) electrons. The van der Waals surface area contributed by atoms with Crippen LogP contribution in [0, 0.1) is 0 Å². The summed E-state index contributed by atoms with van der Waals surface area (Å²) in [6.07, 6.45) is 4.07. The first-order valence-electron chi connectivity index (χ1n) is 8.31. The Balaban J connectivity index is 0.00000264. The molecule has 0 spiro atoms. The lowest BCUT2D eigenvalue weighted by Gasteiger charge is -2.26. The average Bonchev–Trinajstić information content (AvgIpc) is 2.46. The molecule has 0 bridgehead atoms. The van der Waals surface area contributed by atoms with Crippen LogP contribution in [0.15, 0.2) is 29.3 Å². The second kappa shape index (κ2) is 9.47. The van der Waals surface area contributed by atoms with Crippen LogP contribution in [0.3, 0.4) is 0 Å². The number of guanidine groups is 1. The molecule has 0 saturated carbocycles. The Hall–Kier alpha value is -0.820. The zero-order valence-corrected chi connectivity index (χ0v) is 17.0. The van der Waals surface area contributed by atoms with Gasteiger partial charge in [-0.15, -0.1) is 24.0 Å². The van der Waals surface area contributed by atoms with E-state index in [0.29, 0.717) is 12.5 Å². The first-order valence-corrected chi connectivity index (χ1v) is 8.31. The molecule has 0 atom stereocenters. The Morgan fingerprint density at radius 1 is 1.09 bits per heavy atom. The summed E-state index contributed by atoms with van der Waals surface area (Å²) in [5.41, 5.74) is 8.42. The quantitative estimate of drug-likeness (QED) is 0.437. The maximum Gasteiger partial charge on any atom is 0.189 e. The number of likely N-dealkylation sites (tertiary alicyclic amines) is 1. The molecule has 1 aliphatic heterocycles. The number of halogens is 1. The summed E-state index contributed by atoms with van der Waals surface area (Å²) in [6, 6.07) is 8.75. The number of nitrogens with two attached hydrogens (primary N) is 1. The molecule has 3 N–H and O–H groups in total. The van der Waals surface area contributed by atoms with Crippen molar-refractivity contribution in [3.05, 3.63) is 35.4 Å². The SMILES string of the molecule is CC(C)(C)NC(N)=NCc1ccc(CN2CCCCC2)cc1.I. The Morgan fingerprint density at radius 2 is 1.65 bits per heavy atom. The molecule has 1 heterocycles. The number of nitrogens with zero attached hydrogens (tertiary/aromatic N) is 2. The molecule has 1 saturated heterocycles. The zero-order valence-electron chi connectivity index (χ0n) is 14.6. The van der Waals surface area contributed by atoms with Crippen molar-refractivity contribution in [3.63, 3.8) is 0 Å². The first kappa shape index (κ1) is 20.2. The smallest absolute Gasteiger partial charge is 0.189 e. The highest BCUT2D eigenvalue weighted by Gasteiger charge is 2.11. The minimum absolute atomic E-state index is 0. The van der Waals surface area contributed by atoms with E-state index in [1.54, 1.807) is 0 Å². The summed E-state index contributed by atoms with van der Waals surface area (Å²) >= 11 is 0. The summed E-state index contributed by atoms with van der Waals surface area (Å²) in [4.78, 5) is 6.94. The van der Waals surface area contributed by atoms with Crippen molar-refractivity contribution >= 4 is 29.9 Å². The van der Waals surface area contributed by atoms with Gasteiger partial charge in [-0.3, -0.25) is 4.90 Å². The third-order valence-electron chi connectivity index (χ3n) is 3.81. The van der Waals surface area contributed by atoms with Crippen LogP contribution in [0.5, 0.6) is 0 Å². The normalized spacial score (nSPS) is 16.7. The Labute approximate surface area is 157 Å². The van der Waals surface area contributed by atoms with E-state index >= 15 is 0 Å². The van der Waals surface area contributed by atoms with E-state index in [4.69, 9.17) is 5.73 Å². The van der Waals surface area contributed by atoms with Crippen LogP contribution in [0.2, 0.25) is 0 Å². The zero-order chi connectivity index (χ0) is 16.0. The second-order valence-electron chi connectivity index (χ2n) is 7.23. The van der Waals surface area contributed by atoms with Crippen molar-refractivity contribution in [3.8, 4) is 0 Å². The van der Waals surface area contributed by atoms with Crippen LogP contribution in [-0.4, -0.2) is 29.5 Å². The topological polar surface area (TPSA) is 53.6 Å². The van der Waals surface area contributed by atoms with E-state index in [2.05, 4.69) is 60.2 Å². The molecule has 4 nitrogen and oxygen atoms in total. The third kappa shape index (κ3) is 8.01. The highest BCUT2D eigenvalue weighted by molar-refractivity contribution is 14.0. The van der Waals surface area contributed by atoms with Gasteiger partial charge in [0, 0.05) is 12.1 Å². The summed E-state index contributed by atoms with van der Waals surface area (Å²) in [5, 5.41) is 3.18. The molecule has 1 aliphatic rings. The standard InChI is InChI=1S/C18H30N4.HI/c1-18(2,3)21-17(19)20-13-15-7-9-16(10-8-15)14-22-11-5-4-6-12-22;/h7-10H,4-6,11-14H2,1-3H3,(H3,19,20,21);1H. The third-order valence-corrected chi connectivity index (χ3v) is 3.81. The van der Waals surface area contributed by atoms with Gasteiger partial charge in [-0.05, 0) is 57.8 Å². The van der Waals surface area contributed by atoms with E-state index in [-0.39, 0.29) is 29.5 Å². The maximum absolute atomic E-state index is 5.89. The molecule has 2 rings (SSSR count). The lowest BCUT2D eigenvalue weighted by molar-refractivity contribution is 0.221. The number of hydrogen-bond acceptors (Lipinski definition) is 2. The summed E-state index contributed by atoms with van der Waals surface area (Å²) in [5.74, 6) is 0.505. The number of hydrogen-bond donors (Lipinski definition) is 2. The summed E-state index contributed by atoms with van der Waals surface area (Å²) in [6.45, 7) is 10.4. The highest BCUT2D eigenvalue weighted by atomic mass is 127. The van der Waals surface area contributed by atoms with Crippen LogP contribution in [0.4, 0.5) is 0 Å². The number of benzene rings is 1. The minimum Gasteiger partial charge on any atom is -0.370 e. The van der Waals surface area contributed by atoms with Crippen LogP contribution >= 0.6 is 24.0 Å². The van der Waals surface area contributed by atoms with Gasteiger partial charge >= 0.3 is 0 Å². The van der Waals surface area contributed by atoms with Gasteiger partial charge in [0.05, 0.1) is 6.54 Å². The Kier molecular flexibility index (Phi) is 8.33. The predicted octanol–water partition coefficient (Wildman–Crippen LogP) is 3.49. The minimum atomic E-state index is -0.0497. The van der Waals surface area contributed by atoms with Crippen LogP contribution in [0.1, 0.15) is 51.2 Å². The van der Waals surface area contributed by atoms with Gasteiger partial charge in [0.25, 0.3) is 0 Å². The van der Waals surface area contributed by atoms with Crippen molar-refractivity contribution in [2.75, 3.05) is 13.1 Å². The molecule has 0 unspecified atom stereocenters. The lowest BCUT2D eigenvalue weighted by Crippen LogP contribution is -2.44. The molecule has 0 aliphatic carbocycles. The van der Waals surface area contributed by atoms with Gasteiger partial charge < -0.3 is 11.1 Å². The molecule has 0 amide bonds. The van der Waals surface area contributed by atoms with Crippen molar-refractivity contribution in [2.45, 2.75) is 58.7 Å². The molecule has 1 aromatic carbocycles. The molecule has 5 heteroatoms. The highest BCUT2D eigenvalue weighted by Crippen LogP contribution is 2.14. The fourth-order valence-electron chi connectivity index (χ4n) is 2.73. The van der Waals surface area contributed by atoms with Gasteiger partial charge in [-0.1, -0.05) is 30.7 Å².